The van der Waals surface area contributed by atoms with E-state index in [-0.39, 0.29) is 5.91 Å². The number of aromatic nitrogens is 1. The van der Waals surface area contributed by atoms with Crippen molar-refractivity contribution in [1.82, 2.24) is 9.99 Å². The number of fused-ring (bicyclic) bond motifs is 1. The number of carbonyl (C=O) groups excluding carboxylic acids is 1. The number of nitrogen functional groups attached to an aromatic ring is 1. The van der Waals surface area contributed by atoms with Gasteiger partial charge in [-0.2, -0.15) is 0 Å². The summed E-state index contributed by atoms with van der Waals surface area (Å²) in [5.41, 5.74) is 4.89. The summed E-state index contributed by atoms with van der Waals surface area (Å²) in [5, 5.41) is 1.16. The first-order valence-electron chi connectivity index (χ1n) is 6.32. The number of hydrazine groups is 1. The fourth-order valence-corrected chi connectivity index (χ4v) is 2.33. The van der Waals surface area contributed by atoms with Crippen molar-refractivity contribution < 1.29 is 9.21 Å². The van der Waals surface area contributed by atoms with Crippen molar-refractivity contribution in [2.75, 3.05) is 0 Å². The Hall–Kier alpha value is -2.53. The summed E-state index contributed by atoms with van der Waals surface area (Å²) in [7, 11) is 0. The summed E-state index contributed by atoms with van der Waals surface area (Å²) >= 11 is 0. The maximum atomic E-state index is 11.6. The summed E-state index contributed by atoms with van der Waals surface area (Å²) in [6.07, 6.45) is 3.48. The van der Waals surface area contributed by atoms with Crippen molar-refractivity contribution in [3.63, 3.8) is 0 Å². The second-order valence-electron chi connectivity index (χ2n) is 4.74. The highest BCUT2D eigenvalue weighted by atomic mass is 16.3. The van der Waals surface area contributed by atoms with Crippen molar-refractivity contribution in [1.29, 1.82) is 0 Å². The van der Waals surface area contributed by atoms with Crippen LogP contribution < -0.4 is 11.3 Å². The Balaban J connectivity index is 2.00. The standard InChI is InChI=1S/C15H15N3O2/c1-10-2-3-11-4-6-18(13(11)8-10)9-14-12(5-7-20-14)15(19)17-16/h2-8H,9,16H2,1H3,(H,17,19). The van der Waals surface area contributed by atoms with E-state index in [2.05, 4.69) is 35.1 Å². The molecule has 3 aromatic rings. The molecule has 0 aliphatic heterocycles. The minimum atomic E-state index is -0.346. The second kappa shape index (κ2) is 4.86. The lowest BCUT2D eigenvalue weighted by Gasteiger charge is -2.06. The van der Waals surface area contributed by atoms with Crippen LogP contribution in [0.1, 0.15) is 21.7 Å². The van der Waals surface area contributed by atoms with E-state index in [4.69, 9.17) is 10.3 Å². The van der Waals surface area contributed by atoms with E-state index in [0.29, 0.717) is 17.9 Å². The monoisotopic (exact) mass is 269 g/mol. The quantitative estimate of drug-likeness (QED) is 0.435. The normalized spacial score (nSPS) is 10.9. The van der Waals surface area contributed by atoms with Gasteiger partial charge in [-0.05, 0) is 36.1 Å². The largest absolute Gasteiger partial charge is 0.467 e. The molecule has 0 bridgehead atoms. The average molecular weight is 269 g/mol. The molecule has 5 heteroatoms. The molecule has 1 aromatic carbocycles. The SMILES string of the molecule is Cc1ccc2ccn(Cc3occc3C(=O)NN)c2c1. The Labute approximate surface area is 115 Å². The van der Waals surface area contributed by atoms with Gasteiger partial charge in [0.25, 0.3) is 5.91 Å². The van der Waals surface area contributed by atoms with Gasteiger partial charge in [0.1, 0.15) is 5.76 Å². The van der Waals surface area contributed by atoms with Gasteiger partial charge in [-0.15, -0.1) is 0 Å². The number of aryl methyl sites for hydroxylation is 1. The zero-order chi connectivity index (χ0) is 14.1. The fraction of sp³-hybridized carbons (Fsp3) is 0.133. The molecule has 0 atom stereocenters. The van der Waals surface area contributed by atoms with Crippen LogP contribution in [0.15, 0.2) is 47.2 Å². The molecule has 0 spiro atoms. The molecule has 2 heterocycles. The Kier molecular flexibility index (Phi) is 3.04. The maximum Gasteiger partial charge on any atom is 0.268 e. The molecular formula is C15H15N3O2. The Morgan fingerprint density at radius 2 is 2.20 bits per heavy atom. The molecule has 102 valence electrons. The molecule has 0 fully saturated rings. The van der Waals surface area contributed by atoms with Crippen LogP contribution in [0, 0.1) is 6.92 Å². The molecule has 20 heavy (non-hydrogen) atoms. The van der Waals surface area contributed by atoms with E-state index >= 15 is 0 Å². The molecule has 0 saturated carbocycles. The first kappa shape index (κ1) is 12.5. The minimum Gasteiger partial charge on any atom is -0.467 e. The summed E-state index contributed by atoms with van der Waals surface area (Å²) < 4.78 is 7.45. The minimum absolute atomic E-state index is 0.346. The number of hydrogen-bond donors (Lipinski definition) is 2. The van der Waals surface area contributed by atoms with Gasteiger partial charge in [0, 0.05) is 11.7 Å². The summed E-state index contributed by atoms with van der Waals surface area (Å²) in [6, 6.07) is 9.93. The van der Waals surface area contributed by atoms with Gasteiger partial charge in [0.15, 0.2) is 0 Å². The highest BCUT2D eigenvalue weighted by Crippen LogP contribution is 2.20. The van der Waals surface area contributed by atoms with E-state index < -0.39 is 0 Å². The Morgan fingerprint density at radius 1 is 1.35 bits per heavy atom. The lowest BCUT2D eigenvalue weighted by molar-refractivity contribution is 0.0951. The number of furan rings is 1. The van der Waals surface area contributed by atoms with Crippen LogP contribution in [0.2, 0.25) is 0 Å². The van der Waals surface area contributed by atoms with Crippen LogP contribution in [-0.2, 0) is 6.54 Å². The van der Waals surface area contributed by atoms with Crippen LogP contribution in [0.4, 0.5) is 0 Å². The average Bonchev–Trinajstić information content (AvgIpc) is 3.06. The first-order valence-corrected chi connectivity index (χ1v) is 6.32. The van der Waals surface area contributed by atoms with Crippen molar-refractivity contribution in [2.45, 2.75) is 13.5 Å². The predicted molar refractivity (Wildman–Crippen MR) is 76.1 cm³/mol. The number of nitrogens with one attached hydrogen (secondary N) is 1. The van der Waals surface area contributed by atoms with Crippen LogP contribution >= 0.6 is 0 Å². The lowest BCUT2D eigenvalue weighted by atomic mass is 10.2. The third-order valence-corrected chi connectivity index (χ3v) is 3.36. The van der Waals surface area contributed by atoms with E-state index in [1.54, 1.807) is 6.07 Å². The number of hydrogen-bond acceptors (Lipinski definition) is 3. The van der Waals surface area contributed by atoms with Gasteiger partial charge >= 0.3 is 0 Å². The van der Waals surface area contributed by atoms with E-state index in [0.717, 1.165) is 10.9 Å². The number of benzene rings is 1. The van der Waals surface area contributed by atoms with Gasteiger partial charge in [0.05, 0.1) is 18.4 Å². The molecule has 0 unspecified atom stereocenters. The van der Waals surface area contributed by atoms with Gasteiger partial charge in [-0.1, -0.05) is 12.1 Å². The molecule has 2 aromatic heterocycles. The predicted octanol–water partition coefficient (Wildman–Crippen LogP) is 2.19. The Morgan fingerprint density at radius 3 is 3.00 bits per heavy atom. The van der Waals surface area contributed by atoms with E-state index in [1.807, 2.05) is 12.3 Å². The number of rotatable bonds is 3. The smallest absolute Gasteiger partial charge is 0.268 e. The zero-order valence-corrected chi connectivity index (χ0v) is 11.1. The van der Waals surface area contributed by atoms with Gasteiger partial charge in [-0.25, -0.2) is 5.84 Å². The number of nitrogens with zero attached hydrogens (tertiary/aromatic N) is 1. The van der Waals surface area contributed by atoms with Crippen LogP contribution in [0.25, 0.3) is 10.9 Å². The molecule has 3 rings (SSSR count). The lowest BCUT2D eigenvalue weighted by Crippen LogP contribution is -2.30. The third-order valence-electron chi connectivity index (χ3n) is 3.36. The van der Waals surface area contributed by atoms with E-state index in [1.165, 1.54) is 11.8 Å². The maximum absolute atomic E-state index is 11.6. The summed E-state index contributed by atoms with van der Waals surface area (Å²) in [6.45, 7) is 2.54. The van der Waals surface area contributed by atoms with Crippen molar-refractivity contribution in [3.05, 3.63) is 59.7 Å². The fourth-order valence-electron chi connectivity index (χ4n) is 2.33. The molecule has 3 N–H and O–H groups in total. The molecule has 5 nitrogen and oxygen atoms in total. The highest BCUT2D eigenvalue weighted by molar-refractivity contribution is 5.94. The van der Waals surface area contributed by atoms with Crippen molar-refractivity contribution >= 4 is 16.8 Å². The molecule has 0 radical (unpaired) electrons. The number of carbonyl (C=O) groups is 1. The van der Waals surface area contributed by atoms with Gasteiger partial charge in [-0.3, -0.25) is 10.2 Å². The van der Waals surface area contributed by atoms with Crippen LogP contribution in [-0.4, -0.2) is 10.5 Å². The van der Waals surface area contributed by atoms with Crippen LogP contribution in [0.5, 0.6) is 0 Å². The number of amides is 1. The van der Waals surface area contributed by atoms with Crippen molar-refractivity contribution in [3.8, 4) is 0 Å². The van der Waals surface area contributed by atoms with Crippen LogP contribution in [0.3, 0.4) is 0 Å². The first-order chi connectivity index (χ1) is 9.69. The zero-order valence-electron chi connectivity index (χ0n) is 11.1. The molecule has 0 saturated heterocycles. The summed E-state index contributed by atoms with van der Waals surface area (Å²) in [5.74, 6) is 5.41. The Bertz CT molecular complexity index is 770. The third kappa shape index (κ3) is 2.08. The molecular weight excluding hydrogens is 254 g/mol. The summed E-state index contributed by atoms with van der Waals surface area (Å²) in [4.78, 5) is 11.6. The topological polar surface area (TPSA) is 73.2 Å². The number of nitrogens with two attached hydrogens (primary N) is 1. The molecule has 1 amide bonds. The van der Waals surface area contributed by atoms with Gasteiger partial charge < -0.3 is 8.98 Å². The second-order valence-corrected chi connectivity index (χ2v) is 4.74. The molecule has 0 aliphatic rings. The van der Waals surface area contributed by atoms with Gasteiger partial charge in [0.2, 0.25) is 0 Å². The van der Waals surface area contributed by atoms with E-state index in [9.17, 15) is 4.79 Å². The molecule has 0 aliphatic carbocycles. The van der Waals surface area contributed by atoms with Crippen molar-refractivity contribution in [2.24, 2.45) is 5.84 Å². The highest BCUT2D eigenvalue weighted by Gasteiger charge is 2.14.